The minimum Gasteiger partial charge on any atom is -0.266 e. The normalized spacial score (nSPS) is 20.9. The van der Waals surface area contributed by atoms with Crippen molar-refractivity contribution in [3.8, 4) is 0 Å². The van der Waals surface area contributed by atoms with Crippen molar-refractivity contribution in [1.82, 2.24) is 4.90 Å². The maximum absolute atomic E-state index is 13.3. The van der Waals surface area contributed by atoms with E-state index in [2.05, 4.69) is 6.58 Å². The van der Waals surface area contributed by atoms with Crippen LogP contribution in [0.1, 0.15) is 6.42 Å². The first kappa shape index (κ1) is 11.2. The van der Waals surface area contributed by atoms with Gasteiger partial charge in [-0.15, -0.1) is 0 Å². The van der Waals surface area contributed by atoms with E-state index in [-0.39, 0.29) is 6.54 Å². The second-order valence-electron chi connectivity index (χ2n) is 3.11. The minimum atomic E-state index is -4.65. The standard InChI is InChI=1S/C9H11F4N/c1-7(9(11,12)13)8(10)14-5-3-2-4-6-14/h2-3,8H,1,4-6H2. The summed E-state index contributed by atoms with van der Waals surface area (Å²) >= 11 is 0. The quantitative estimate of drug-likeness (QED) is 0.384. The zero-order chi connectivity index (χ0) is 10.8. The van der Waals surface area contributed by atoms with E-state index < -0.39 is 18.0 Å². The lowest BCUT2D eigenvalue weighted by molar-refractivity contribution is -0.110. The highest BCUT2D eigenvalue weighted by molar-refractivity contribution is 5.10. The maximum Gasteiger partial charge on any atom is 0.416 e. The number of hydrogen-bond donors (Lipinski definition) is 0. The Morgan fingerprint density at radius 2 is 2.00 bits per heavy atom. The highest BCUT2D eigenvalue weighted by Gasteiger charge is 2.39. The number of halogens is 4. The van der Waals surface area contributed by atoms with Crippen molar-refractivity contribution in [1.29, 1.82) is 0 Å². The molecule has 0 saturated carbocycles. The average Bonchev–Trinajstić information content (AvgIpc) is 2.15. The molecule has 1 atom stereocenters. The molecule has 1 heterocycles. The smallest absolute Gasteiger partial charge is 0.266 e. The molecule has 0 aromatic heterocycles. The highest BCUT2D eigenvalue weighted by atomic mass is 19.4. The van der Waals surface area contributed by atoms with Crippen LogP contribution >= 0.6 is 0 Å². The van der Waals surface area contributed by atoms with Crippen LogP contribution in [0.4, 0.5) is 17.6 Å². The second kappa shape index (κ2) is 4.13. The second-order valence-corrected chi connectivity index (χ2v) is 3.11. The summed E-state index contributed by atoms with van der Waals surface area (Å²) in [6.45, 7) is 3.24. The first-order chi connectivity index (χ1) is 6.43. The number of hydrogen-bond acceptors (Lipinski definition) is 1. The van der Waals surface area contributed by atoms with Gasteiger partial charge in [-0.1, -0.05) is 18.7 Å². The summed E-state index contributed by atoms with van der Waals surface area (Å²) in [6, 6.07) is 0. The summed E-state index contributed by atoms with van der Waals surface area (Å²) < 4.78 is 49.5. The molecule has 1 rings (SSSR count). The molecule has 0 aromatic carbocycles. The van der Waals surface area contributed by atoms with Crippen LogP contribution in [0.25, 0.3) is 0 Å². The van der Waals surface area contributed by atoms with Crippen molar-refractivity contribution in [3.05, 3.63) is 24.3 Å². The molecule has 0 saturated heterocycles. The summed E-state index contributed by atoms with van der Waals surface area (Å²) in [4.78, 5) is 1.11. The van der Waals surface area contributed by atoms with Gasteiger partial charge < -0.3 is 0 Å². The monoisotopic (exact) mass is 209 g/mol. The number of nitrogens with zero attached hydrogens (tertiary/aromatic N) is 1. The van der Waals surface area contributed by atoms with Crippen molar-refractivity contribution < 1.29 is 17.6 Å². The molecule has 0 radical (unpaired) electrons. The lowest BCUT2D eigenvalue weighted by Crippen LogP contribution is -2.39. The maximum atomic E-state index is 13.3. The predicted octanol–water partition coefficient (Wildman–Crippen LogP) is 2.66. The first-order valence-electron chi connectivity index (χ1n) is 4.22. The van der Waals surface area contributed by atoms with E-state index in [0.29, 0.717) is 13.0 Å². The van der Waals surface area contributed by atoms with Crippen LogP contribution in [0.3, 0.4) is 0 Å². The van der Waals surface area contributed by atoms with Crippen molar-refractivity contribution >= 4 is 0 Å². The molecule has 0 N–H and O–H groups in total. The number of alkyl halides is 4. The summed E-state index contributed by atoms with van der Waals surface area (Å²) in [7, 11) is 0. The molecule has 0 spiro atoms. The largest absolute Gasteiger partial charge is 0.416 e. The van der Waals surface area contributed by atoms with E-state index in [1.807, 2.05) is 6.08 Å². The van der Waals surface area contributed by atoms with Crippen LogP contribution in [0.2, 0.25) is 0 Å². The Hall–Kier alpha value is -0.840. The Morgan fingerprint density at radius 1 is 1.36 bits per heavy atom. The van der Waals surface area contributed by atoms with Gasteiger partial charge in [0.1, 0.15) is 0 Å². The molecule has 0 bridgehead atoms. The molecule has 0 fully saturated rings. The summed E-state index contributed by atoms with van der Waals surface area (Å²) in [5.74, 6) is 0. The van der Waals surface area contributed by atoms with Crippen LogP contribution in [0.15, 0.2) is 24.3 Å². The van der Waals surface area contributed by atoms with Gasteiger partial charge in [0.2, 0.25) is 0 Å². The van der Waals surface area contributed by atoms with E-state index in [9.17, 15) is 17.6 Å². The molecule has 5 heteroatoms. The minimum absolute atomic E-state index is 0.205. The van der Waals surface area contributed by atoms with Crippen molar-refractivity contribution in [2.45, 2.75) is 18.9 Å². The fraction of sp³-hybridized carbons (Fsp3) is 0.556. The van der Waals surface area contributed by atoms with Crippen LogP contribution < -0.4 is 0 Å². The zero-order valence-corrected chi connectivity index (χ0v) is 7.52. The van der Waals surface area contributed by atoms with Gasteiger partial charge in [-0.2, -0.15) is 13.2 Å². The number of rotatable bonds is 2. The van der Waals surface area contributed by atoms with Gasteiger partial charge in [0.25, 0.3) is 0 Å². The van der Waals surface area contributed by atoms with Crippen molar-refractivity contribution in [2.24, 2.45) is 0 Å². The lowest BCUT2D eigenvalue weighted by Gasteiger charge is -2.28. The average molecular weight is 209 g/mol. The Kier molecular flexibility index (Phi) is 3.31. The molecule has 80 valence electrons. The van der Waals surface area contributed by atoms with Gasteiger partial charge in [-0.25, -0.2) is 4.39 Å². The predicted molar refractivity (Wildman–Crippen MR) is 45.4 cm³/mol. The summed E-state index contributed by atoms with van der Waals surface area (Å²) in [5, 5.41) is 0. The topological polar surface area (TPSA) is 3.24 Å². The highest BCUT2D eigenvalue weighted by Crippen LogP contribution is 2.30. The van der Waals surface area contributed by atoms with Gasteiger partial charge in [0.15, 0.2) is 6.30 Å². The Morgan fingerprint density at radius 3 is 2.43 bits per heavy atom. The molecule has 1 aliphatic heterocycles. The third kappa shape index (κ3) is 2.57. The zero-order valence-electron chi connectivity index (χ0n) is 7.52. The molecule has 1 aliphatic rings. The summed E-state index contributed by atoms with van der Waals surface area (Å²) in [5.41, 5.74) is -1.33. The molecule has 0 amide bonds. The summed E-state index contributed by atoms with van der Waals surface area (Å²) in [6.07, 6.45) is -2.73. The van der Waals surface area contributed by atoms with E-state index in [1.165, 1.54) is 0 Å². The van der Waals surface area contributed by atoms with Gasteiger partial charge in [-0.05, 0) is 6.42 Å². The fourth-order valence-electron chi connectivity index (χ4n) is 1.22. The molecular formula is C9H11F4N. The van der Waals surface area contributed by atoms with Crippen LogP contribution in [0, 0.1) is 0 Å². The van der Waals surface area contributed by atoms with E-state index in [4.69, 9.17) is 0 Å². The van der Waals surface area contributed by atoms with Crippen molar-refractivity contribution in [3.63, 3.8) is 0 Å². The SMILES string of the molecule is C=C(C(F)N1CC=CCC1)C(F)(F)F. The van der Waals surface area contributed by atoms with Crippen LogP contribution in [-0.2, 0) is 0 Å². The fourth-order valence-corrected chi connectivity index (χ4v) is 1.22. The van der Waals surface area contributed by atoms with E-state index in [0.717, 1.165) is 4.90 Å². The van der Waals surface area contributed by atoms with Crippen LogP contribution in [-0.4, -0.2) is 30.5 Å². The Balaban J connectivity index is 2.60. The van der Waals surface area contributed by atoms with Gasteiger partial charge in [0, 0.05) is 13.1 Å². The third-order valence-electron chi connectivity index (χ3n) is 2.06. The van der Waals surface area contributed by atoms with Crippen molar-refractivity contribution in [2.75, 3.05) is 13.1 Å². The lowest BCUT2D eigenvalue weighted by atomic mass is 10.2. The Labute approximate surface area is 79.7 Å². The van der Waals surface area contributed by atoms with E-state index in [1.54, 1.807) is 6.08 Å². The van der Waals surface area contributed by atoms with E-state index >= 15 is 0 Å². The molecular weight excluding hydrogens is 198 g/mol. The Bertz CT molecular complexity index is 244. The van der Waals surface area contributed by atoms with Gasteiger partial charge >= 0.3 is 6.18 Å². The molecule has 0 aromatic rings. The van der Waals surface area contributed by atoms with Gasteiger partial charge in [0.05, 0.1) is 5.57 Å². The molecule has 1 nitrogen and oxygen atoms in total. The molecule has 14 heavy (non-hydrogen) atoms. The van der Waals surface area contributed by atoms with Gasteiger partial charge in [-0.3, -0.25) is 4.90 Å². The van der Waals surface area contributed by atoms with Crippen LogP contribution in [0.5, 0.6) is 0 Å². The molecule has 1 unspecified atom stereocenters. The first-order valence-corrected chi connectivity index (χ1v) is 4.22. The third-order valence-corrected chi connectivity index (χ3v) is 2.06. The molecule has 0 aliphatic carbocycles.